The van der Waals surface area contributed by atoms with E-state index in [9.17, 15) is 4.79 Å². The Balaban J connectivity index is 3.09. The van der Waals surface area contributed by atoms with E-state index in [2.05, 4.69) is 0 Å². The van der Waals surface area contributed by atoms with Crippen LogP contribution in [-0.4, -0.2) is 12.5 Å². The van der Waals surface area contributed by atoms with Gasteiger partial charge in [0.15, 0.2) is 5.75 Å². The van der Waals surface area contributed by atoms with E-state index in [0.29, 0.717) is 0 Å². The van der Waals surface area contributed by atoms with E-state index in [-0.39, 0.29) is 37.5 Å². The number of benzene rings is 1. The molecule has 0 aliphatic rings. The largest absolute Gasteiger partial charge is 0.489 e. The van der Waals surface area contributed by atoms with Gasteiger partial charge in [0, 0.05) is 0 Å². The quantitative estimate of drug-likeness (QED) is 0.268. The number of amides is 1. The Morgan fingerprint density at radius 3 is 1.85 bits per heavy atom. The van der Waals surface area contributed by atoms with Gasteiger partial charge in [-0.05, 0) is 13.8 Å². The molecule has 112 valence electrons. The molecule has 4 nitrogen and oxygen atoms in total. The van der Waals surface area contributed by atoms with Gasteiger partial charge in [-0.1, -0.05) is 58.0 Å². The van der Waals surface area contributed by atoms with Crippen LogP contribution in [0.5, 0.6) is 5.75 Å². The smallest absolute Gasteiger partial charge is 0.242 e. The number of nitrogens with one attached hydrogen (secondary N) is 1. The zero-order valence-electron chi connectivity index (χ0n) is 10.5. The number of halogens is 5. The number of carbonyl (C=O) groups excluding carboxylic acids is 1. The lowest BCUT2D eigenvalue weighted by Crippen LogP contribution is -2.44. The van der Waals surface area contributed by atoms with Gasteiger partial charge in [0.25, 0.3) is 0 Å². The third kappa shape index (κ3) is 3.56. The summed E-state index contributed by atoms with van der Waals surface area (Å²) >= 11 is 29.7. The third-order valence-electron chi connectivity index (χ3n) is 2.49. The molecule has 0 radical (unpaired) electrons. The molecule has 1 rings (SSSR count). The maximum absolute atomic E-state index is 11.6. The Hall–Kier alpha value is -0.100. The minimum atomic E-state index is -0.903. The van der Waals surface area contributed by atoms with Gasteiger partial charge in [0.2, 0.25) is 5.91 Å². The molecule has 0 atom stereocenters. The van der Waals surface area contributed by atoms with Crippen LogP contribution in [0.1, 0.15) is 13.8 Å². The summed E-state index contributed by atoms with van der Waals surface area (Å²) in [4.78, 5) is 11.6. The fraction of sp³-hybridized carbons (Fsp3) is 0.364. The van der Waals surface area contributed by atoms with E-state index in [0.717, 1.165) is 0 Å². The molecule has 1 aromatic carbocycles. The van der Waals surface area contributed by atoms with Gasteiger partial charge in [-0.15, -0.1) is 0 Å². The standard InChI is InChI=1S/C11H11Cl5N2O2/c1-11(2,10(19)18-17)3-20-9-7(15)5(13)4(12)6(14)8(9)16/h3,17H2,1-2H3,(H,18,19). The fourth-order valence-electron chi connectivity index (χ4n) is 1.22. The number of ether oxygens (including phenoxy) is 1. The Bertz CT molecular complexity index is 519. The summed E-state index contributed by atoms with van der Waals surface area (Å²) < 4.78 is 5.46. The highest BCUT2D eigenvalue weighted by Crippen LogP contribution is 2.48. The zero-order chi connectivity index (χ0) is 15.7. The van der Waals surface area contributed by atoms with Crippen LogP contribution in [0.15, 0.2) is 0 Å². The van der Waals surface area contributed by atoms with Gasteiger partial charge < -0.3 is 4.74 Å². The van der Waals surface area contributed by atoms with Crippen LogP contribution < -0.4 is 16.0 Å². The summed E-state index contributed by atoms with van der Waals surface area (Å²) in [6, 6.07) is 0. The third-order valence-corrected chi connectivity index (χ3v) is 4.73. The van der Waals surface area contributed by atoms with Gasteiger partial charge in [-0.2, -0.15) is 0 Å². The van der Waals surface area contributed by atoms with Crippen molar-refractivity contribution >= 4 is 63.9 Å². The van der Waals surface area contributed by atoms with Crippen LogP contribution in [0.25, 0.3) is 0 Å². The number of rotatable bonds is 4. The van der Waals surface area contributed by atoms with Crippen molar-refractivity contribution in [2.24, 2.45) is 11.3 Å². The van der Waals surface area contributed by atoms with Crippen molar-refractivity contribution in [1.82, 2.24) is 5.43 Å². The predicted molar refractivity (Wildman–Crippen MR) is 83.1 cm³/mol. The van der Waals surface area contributed by atoms with Crippen molar-refractivity contribution in [2.75, 3.05) is 6.61 Å². The summed E-state index contributed by atoms with van der Waals surface area (Å²) in [7, 11) is 0. The van der Waals surface area contributed by atoms with Crippen molar-refractivity contribution < 1.29 is 9.53 Å². The molecule has 0 saturated heterocycles. The summed E-state index contributed by atoms with van der Waals surface area (Å²) in [5.41, 5.74) is 1.14. The number of hydrazine groups is 1. The Kier molecular flexibility index (Phi) is 6.08. The molecular weight excluding hydrogens is 369 g/mol. The van der Waals surface area contributed by atoms with Crippen LogP contribution in [0.2, 0.25) is 25.1 Å². The highest BCUT2D eigenvalue weighted by molar-refractivity contribution is 6.55. The monoisotopic (exact) mass is 378 g/mol. The minimum absolute atomic E-state index is 0.0232. The van der Waals surface area contributed by atoms with Gasteiger partial charge in [-0.3, -0.25) is 10.2 Å². The SMILES string of the molecule is CC(C)(COc1c(Cl)c(Cl)c(Cl)c(Cl)c1Cl)C(=O)NN. The molecule has 0 fully saturated rings. The van der Waals surface area contributed by atoms with Gasteiger partial charge >= 0.3 is 0 Å². The first-order valence-electron chi connectivity index (χ1n) is 5.28. The summed E-state index contributed by atoms with van der Waals surface area (Å²) in [5, 5.41) is 0.136. The summed E-state index contributed by atoms with van der Waals surface area (Å²) in [5.74, 6) is 4.74. The molecule has 0 aromatic heterocycles. The van der Waals surface area contributed by atoms with Crippen molar-refractivity contribution in [3.63, 3.8) is 0 Å². The van der Waals surface area contributed by atoms with Crippen molar-refractivity contribution in [2.45, 2.75) is 13.8 Å². The maximum atomic E-state index is 11.6. The molecule has 0 saturated carbocycles. The number of hydrogen-bond donors (Lipinski definition) is 2. The fourth-order valence-corrected chi connectivity index (χ4v) is 2.46. The Morgan fingerprint density at radius 2 is 1.45 bits per heavy atom. The first kappa shape index (κ1) is 18.0. The van der Waals surface area contributed by atoms with E-state index in [1.807, 2.05) is 5.43 Å². The lowest BCUT2D eigenvalue weighted by molar-refractivity contribution is -0.130. The summed E-state index contributed by atoms with van der Waals surface area (Å²) in [6.45, 7) is 3.23. The van der Waals surface area contributed by atoms with Gasteiger partial charge in [0.05, 0.1) is 20.5 Å². The van der Waals surface area contributed by atoms with Gasteiger partial charge in [0.1, 0.15) is 16.7 Å². The predicted octanol–water partition coefficient (Wildman–Crippen LogP) is 4.35. The second-order valence-electron chi connectivity index (χ2n) is 4.55. The average Bonchev–Trinajstić information content (AvgIpc) is 2.41. The summed E-state index contributed by atoms with van der Waals surface area (Å²) in [6.07, 6.45) is 0. The molecule has 20 heavy (non-hydrogen) atoms. The number of nitrogens with two attached hydrogens (primary N) is 1. The molecule has 0 aliphatic heterocycles. The van der Waals surface area contributed by atoms with Crippen molar-refractivity contribution in [3.8, 4) is 5.75 Å². The average molecular weight is 380 g/mol. The second kappa shape index (κ2) is 6.77. The first-order chi connectivity index (χ1) is 9.13. The van der Waals surface area contributed by atoms with Crippen LogP contribution in [0.4, 0.5) is 0 Å². The van der Waals surface area contributed by atoms with E-state index in [4.69, 9.17) is 68.6 Å². The lowest BCUT2D eigenvalue weighted by Gasteiger charge is -2.23. The maximum Gasteiger partial charge on any atom is 0.242 e. The first-order valence-corrected chi connectivity index (χ1v) is 7.17. The molecule has 0 aliphatic carbocycles. The molecule has 9 heteroatoms. The van der Waals surface area contributed by atoms with Crippen molar-refractivity contribution in [3.05, 3.63) is 25.1 Å². The Morgan fingerprint density at radius 1 is 1.05 bits per heavy atom. The molecule has 1 aromatic rings. The van der Waals surface area contributed by atoms with Crippen LogP contribution in [0.3, 0.4) is 0 Å². The highest BCUT2D eigenvalue weighted by atomic mass is 35.5. The minimum Gasteiger partial charge on any atom is -0.489 e. The molecule has 1 amide bonds. The zero-order valence-corrected chi connectivity index (χ0v) is 14.3. The second-order valence-corrected chi connectivity index (χ2v) is 6.43. The van der Waals surface area contributed by atoms with Gasteiger partial charge in [-0.25, -0.2) is 5.84 Å². The van der Waals surface area contributed by atoms with Crippen LogP contribution in [-0.2, 0) is 4.79 Å². The normalized spacial score (nSPS) is 11.4. The molecule has 0 unspecified atom stereocenters. The molecule has 0 heterocycles. The van der Waals surface area contributed by atoms with E-state index in [1.165, 1.54) is 0 Å². The van der Waals surface area contributed by atoms with Crippen LogP contribution in [0, 0.1) is 5.41 Å². The molecule has 3 N–H and O–H groups in total. The van der Waals surface area contributed by atoms with E-state index in [1.54, 1.807) is 13.8 Å². The molecular formula is C11H11Cl5N2O2. The number of carbonyl (C=O) groups is 1. The van der Waals surface area contributed by atoms with E-state index >= 15 is 0 Å². The van der Waals surface area contributed by atoms with Crippen LogP contribution >= 0.6 is 58.0 Å². The topological polar surface area (TPSA) is 64.3 Å². The highest BCUT2D eigenvalue weighted by Gasteiger charge is 2.29. The van der Waals surface area contributed by atoms with E-state index < -0.39 is 11.3 Å². The van der Waals surface area contributed by atoms with Crippen molar-refractivity contribution in [1.29, 1.82) is 0 Å². The number of hydrogen-bond acceptors (Lipinski definition) is 3. The molecule has 0 spiro atoms. The Labute approximate surface area is 141 Å². The lowest BCUT2D eigenvalue weighted by atomic mass is 9.94. The molecule has 0 bridgehead atoms.